The standard InChI is InChI=1S/C29H26N2O6/c1-4-37-24-15-17(9-14-23(24)36-3)26-25(27(32)21-16-30-22-8-6-5-7-20(21)22)28(33)29(34)31(26)18-10-12-19(35-2)13-11-18/h5-16,26,30,32H,4H2,1-3H3/b27-25-. The van der Waals surface area contributed by atoms with Crippen molar-refractivity contribution < 1.29 is 28.9 Å². The average Bonchev–Trinajstić information content (AvgIpc) is 3.47. The van der Waals surface area contributed by atoms with Crippen molar-refractivity contribution in [2.75, 3.05) is 25.7 Å². The minimum Gasteiger partial charge on any atom is -0.507 e. The number of nitrogens with one attached hydrogen (secondary N) is 1. The van der Waals surface area contributed by atoms with Crippen LogP contribution in [0.15, 0.2) is 78.5 Å². The number of aliphatic hydroxyl groups excluding tert-OH is 1. The molecule has 0 bridgehead atoms. The van der Waals surface area contributed by atoms with Gasteiger partial charge in [-0.25, -0.2) is 0 Å². The number of aromatic nitrogens is 1. The van der Waals surface area contributed by atoms with Gasteiger partial charge in [-0.15, -0.1) is 0 Å². The Morgan fingerprint density at radius 1 is 0.973 bits per heavy atom. The van der Waals surface area contributed by atoms with Crippen molar-refractivity contribution in [1.82, 2.24) is 4.98 Å². The molecule has 8 heteroatoms. The number of fused-ring (bicyclic) bond motifs is 1. The molecule has 1 atom stereocenters. The number of benzene rings is 3. The number of amides is 1. The molecular weight excluding hydrogens is 472 g/mol. The fourth-order valence-electron chi connectivity index (χ4n) is 4.70. The van der Waals surface area contributed by atoms with E-state index >= 15 is 0 Å². The number of carbonyl (C=O) groups is 2. The maximum Gasteiger partial charge on any atom is 0.300 e. The van der Waals surface area contributed by atoms with Gasteiger partial charge in [-0.2, -0.15) is 0 Å². The van der Waals surface area contributed by atoms with Crippen LogP contribution in [-0.2, 0) is 9.59 Å². The van der Waals surface area contributed by atoms with E-state index in [4.69, 9.17) is 14.2 Å². The first kappa shape index (κ1) is 24.0. The van der Waals surface area contributed by atoms with Gasteiger partial charge in [-0.1, -0.05) is 24.3 Å². The maximum atomic E-state index is 13.5. The fourth-order valence-corrected chi connectivity index (χ4v) is 4.70. The first-order chi connectivity index (χ1) is 18.0. The van der Waals surface area contributed by atoms with Crippen molar-refractivity contribution in [1.29, 1.82) is 0 Å². The molecule has 2 heterocycles. The fraction of sp³-hybridized carbons (Fsp3) is 0.172. The number of nitrogens with zero attached hydrogens (tertiary/aromatic N) is 1. The number of H-pyrrole nitrogens is 1. The molecule has 5 rings (SSSR count). The molecule has 0 saturated carbocycles. The van der Waals surface area contributed by atoms with Gasteiger partial charge in [-0.05, 0) is 55.0 Å². The van der Waals surface area contributed by atoms with Crippen molar-refractivity contribution >= 4 is 34.0 Å². The molecule has 3 aromatic carbocycles. The highest BCUT2D eigenvalue weighted by Gasteiger charge is 2.47. The Morgan fingerprint density at radius 2 is 1.73 bits per heavy atom. The molecule has 1 aromatic heterocycles. The molecule has 1 amide bonds. The second-order valence-electron chi connectivity index (χ2n) is 8.46. The summed E-state index contributed by atoms with van der Waals surface area (Å²) < 4.78 is 16.4. The van der Waals surface area contributed by atoms with Gasteiger partial charge >= 0.3 is 0 Å². The number of ketones is 1. The van der Waals surface area contributed by atoms with Crippen molar-refractivity contribution in [3.63, 3.8) is 0 Å². The van der Waals surface area contributed by atoms with Crippen LogP contribution in [0.5, 0.6) is 17.2 Å². The van der Waals surface area contributed by atoms with Gasteiger partial charge in [0.1, 0.15) is 11.5 Å². The smallest absolute Gasteiger partial charge is 0.300 e. The predicted molar refractivity (Wildman–Crippen MR) is 140 cm³/mol. The van der Waals surface area contributed by atoms with E-state index in [-0.39, 0.29) is 11.3 Å². The summed E-state index contributed by atoms with van der Waals surface area (Å²) in [7, 11) is 3.09. The van der Waals surface area contributed by atoms with E-state index in [1.54, 1.807) is 55.8 Å². The van der Waals surface area contributed by atoms with Crippen LogP contribution in [0.25, 0.3) is 16.7 Å². The molecule has 188 valence electrons. The third-order valence-electron chi connectivity index (χ3n) is 6.44. The van der Waals surface area contributed by atoms with Crippen molar-refractivity contribution in [2.24, 2.45) is 0 Å². The molecule has 0 aliphatic carbocycles. The predicted octanol–water partition coefficient (Wildman–Crippen LogP) is 5.21. The van der Waals surface area contributed by atoms with Crippen LogP contribution in [0, 0.1) is 0 Å². The number of carbonyl (C=O) groups excluding carboxylic acids is 2. The summed E-state index contributed by atoms with van der Waals surface area (Å²) in [6, 6.07) is 18.6. The first-order valence-electron chi connectivity index (χ1n) is 11.8. The molecule has 1 aliphatic heterocycles. The van der Waals surface area contributed by atoms with Gasteiger partial charge in [0.05, 0.1) is 32.4 Å². The SMILES string of the molecule is CCOc1cc(C2/C(=C(/O)c3c[nH]c4ccccc34)C(=O)C(=O)N2c2ccc(OC)cc2)ccc1OC. The van der Waals surface area contributed by atoms with Gasteiger partial charge in [0.15, 0.2) is 11.5 Å². The Bertz CT molecular complexity index is 1520. The van der Waals surface area contributed by atoms with Crippen LogP contribution in [0.3, 0.4) is 0 Å². The average molecular weight is 499 g/mol. The molecule has 0 spiro atoms. The third kappa shape index (κ3) is 4.06. The molecule has 4 aromatic rings. The Labute approximate surface area is 213 Å². The number of anilines is 1. The molecule has 1 unspecified atom stereocenters. The minimum absolute atomic E-state index is 0.0156. The van der Waals surface area contributed by atoms with E-state index in [1.807, 2.05) is 31.2 Å². The molecule has 0 radical (unpaired) electrons. The Morgan fingerprint density at radius 3 is 2.43 bits per heavy atom. The van der Waals surface area contributed by atoms with Crippen LogP contribution in [0.4, 0.5) is 5.69 Å². The Hall–Kier alpha value is -4.72. The lowest BCUT2D eigenvalue weighted by atomic mass is 9.94. The van der Waals surface area contributed by atoms with E-state index in [0.717, 1.165) is 10.9 Å². The zero-order valence-corrected chi connectivity index (χ0v) is 20.6. The number of rotatable bonds is 7. The van der Waals surface area contributed by atoms with Gasteiger partial charge < -0.3 is 24.3 Å². The Balaban J connectivity index is 1.74. The number of aromatic amines is 1. The van der Waals surface area contributed by atoms with E-state index < -0.39 is 17.7 Å². The zero-order valence-electron chi connectivity index (χ0n) is 20.6. The molecular formula is C29H26N2O6. The lowest BCUT2D eigenvalue weighted by Gasteiger charge is -2.26. The second-order valence-corrected chi connectivity index (χ2v) is 8.46. The lowest BCUT2D eigenvalue weighted by molar-refractivity contribution is -0.132. The van der Waals surface area contributed by atoms with E-state index in [9.17, 15) is 14.7 Å². The summed E-state index contributed by atoms with van der Waals surface area (Å²) in [5, 5.41) is 12.3. The minimum atomic E-state index is -0.910. The van der Waals surface area contributed by atoms with Crippen LogP contribution in [0.2, 0.25) is 0 Å². The number of Topliss-reactive ketones (excluding diaryl/α,β-unsaturated/α-hetero) is 1. The highest BCUT2D eigenvalue weighted by molar-refractivity contribution is 6.51. The van der Waals surface area contributed by atoms with Crippen molar-refractivity contribution in [3.05, 3.63) is 89.6 Å². The summed E-state index contributed by atoms with van der Waals surface area (Å²) >= 11 is 0. The zero-order chi connectivity index (χ0) is 26.1. The third-order valence-corrected chi connectivity index (χ3v) is 6.44. The van der Waals surface area contributed by atoms with E-state index in [0.29, 0.717) is 40.7 Å². The highest BCUT2D eigenvalue weighted by atomic mass is 16.5. The van der Waals surface area contributed by atoms with Gasteiger partial charge in [0.25, 0.3) is 11.7 Å². The molecule has 1 fully saturated rings. The number of methoxy groups -OCH3 is 2. The van der Waals surface area contributed by atoms with Gasteiger partial charge in [0.2, 0.25) is 0 Å². The van der Waals surface area contributed by atoms with Crippen LogP contribution in [-0.4, -0.2) is 42.6 Å². The first-order valence-corrected chi connectivity index (χ1v) is 11.8. The topological polar surface area (TPSA) is 101 Å². The number of para-hydroxylation sites is 1. The lowest BCUT2D eigenvalue weighted by Crippen LogP contribution is -2.29. The largest absolute Gasteiger partial charge is 0.507 e. The number of aliphatic hydroxyl groups is 1. The number of hydrogen-bond acceptors (Lipinski definition) is 6. The molecule has 1 saturated heterocycles. The van der Waals surface area contributed by atoms with E-state index in [2.05, 4.69) is 4.98 Å². The molecule has 1 aliphatic rings. The normalized spacial score (nSPS) is 16.8. The van der Waals surface area contributed by atoms with Crippen LogP contribution < -0.4 is 19.1 Å². The van der Waals surface area contributed by atoms with Crippen molar-refractivity contribution in [2.45, 2.75) is 13.0 Å². The quantitative estimate of drug-likeness (QED) is 0.206. The van der Waals surface area contributed by atoms with Gasteiger partial charge in [-0.3, -0.25) is 14.5 Å². The number of hydrogen-bond donors (Lipinski definition) is 2. The highest BCUT2D eigenvalue weighted by Crippen LogP contribution is 2.45. The maximum absolute atomic E-state index is 13.5. The van der Waals surface area contributed by atoms with Crippen LogP contribution in [0.1, 0.15) is 24.1 Å². The Kier molecular flexibility index (Phi) is 6.31. The molecule has 8 nitrogen and oxygen atoms in total. The summed E-state index contributed by atoms with van der Waals surface area (Å²) in [5.41, 5.74) is 2.29. The summed E-state index contributed by atoms with van der Waals surface area (Å²) in [6.45, 7) is 2.25. The van der Waals surface area contributed by atoms with Crippen molar-refractivity contribution in [3.8, 4) is 17.2 Å². The molecule has 2 N–H and O–H groups in total. The summed E-state index contributed by atoms with van der Waals surface area (Å²) in [6.07, 6.45) is 1.64. The number of ether oxygens (including phenoxy) is 3. The summed E-state index contributed by atoms with van der Waals surface area (Å²) in [4.78, 5) is 31.5. The second kappa shape index (κ2) is 9.73. The van der Waals surface area contributed by atoms with Crippen LogP contribution >= 0.6 is 0 Å². The monoisotopic (exact) mass is 498 g/mol. The van der Waals surface area contributed by atoms with E-state index in [1.165, 1.54) is 12.0 Å². The van der Waals surface area contributed by atoms with Gasteiger partial charge in [0, 0.05) is 28.4 Å². The summed E-state index contributed by atoms with van der Waals surface area (Å²) in [5.74, 6) is -0.189. The molecule has 37 heavy (non-hydrogen) atoms.